The fourth-order valence-electron chi connectivity index (χ4n) is 4.32. The van der Waals surface area contributed by atoms with Crippen molar-refractivity contribution in [3.8, 4) is 11.5 Å². The molecular weight excluding hydrogens is 531 g/mol. The second-order valence-electron chi connectivity index (χ2n) is 8.78. The molecule has 0 atom stereocenters. The number of nitrogens with zero attached hydrogens (tertiary/aromatic N) is 4. The second-order valence-corrected chi connectivity index (χ2v) is 8.78. The third kappa shape index (κ3) is 7.48. The zero-order chi connectivity index (χ0) is 22.2. The van der Waals surface area contributed by atoms with Crippen LogP contribution in [0.25, 0.3) is 0 Å². The number of guanidine groups is 1. The van der Waals surface area contributed by atoms with Gasteiger partial charge in [-0.15, -0.1) is 34.2 Å². The topological polar surface area (TPSA) is 85.6 Å². The molecule has 4 rings (SSSR count). The monoisotopic (exact) mass is 568 g/mol. The van der Waals surface area contributed by atoms with E-state index in [1.807, 2.05) is 6.07 Å². The van der Waals surface area contributed by atoms with Crippen molar-refractivity contribution in [3.05, 3.63) is 35.9 Å². The molecule has 2 aromatic rings. The summed E-state index contributed by atoms with van der Waals surface area (Å²) < 4.78 is 13.4. The van der Waals surface area contributed by atoms with Gasteiger partial charge in [-0.2, -0.15) is 0 Å². The van der Waals surface area contributed by atoms with Crippen molar-refractivity contribution in [1.82, 2.24) is 25.4 Å². The van der Waals surface area contributed by atoms with Crippen LogP contribution in [0.15, 0.2) is 29.5 Å². The minimum absolute atomic E-state index is 0. The van der Waals surface area contributed by atoms with Gasteiger partial charge >= 0.3 is 0 Å². The van der Waals surface area contributed by atoms with Crippen LogP contribution in [0.2, 0.25) is 0 Å². The van der Waals surface area contributed by atoms with Crippen LogP contribution < -0.4 is 20.1 Å². The standard InChI is InChI=1S/C24H36N6O2.HI/c1-3-23-29-27-17-30(23)13-12-26-24(28-20-7-4-18(2)5-8-20)25-11-10-19-6-9-21-22(16-19)32-15-14-31-21;/h6,9,16-18,20H,3-5,7-8,10-15H2,1-2H3,(H2,25,26,28);1H. The van der Waals surface area contributed by atoms with E-state index in [1.165, 1.54) is 31.2 Å². The summed E-state index contributed by atoms with van der Waals surface area (Å²) >= 11 is 0. The third-order valence-corrected chi connectivity index (χ3v) is 6.29. The average Bonchev–Trinajstić information content (AvgIpc) is 3.28. The van der Waals surface area contributed by atoms with Crippen molar-refractivity contribution in [2.45, 2.75) is 65.0 Å². The minimum Gasteiger partial charge on any atom is -0.486 e. The molecule has 1 aromatic carbocycles. The van der Waals surface area contributed by atoms with E-state index in [0.29, 0.717) is 25.8 Å². The number of rotatable bonds is 8. The lowest BCUT2D eigenvalue weighted by atomic mass is 9.87. The summed E-state index contributed by atoms with van der Waals surface area (Å²) in [5, 5.41) is 15.4. The Morgan fingerprint density at radius 3 is 2.73 bits per heavy atom. The predicted molar refractivity (Wildman–Crippen MR) is 141 cm³/mol. The van der Waals surface area contributed by atoms with Gasteiger partial charge in [-0.1, -0.05) is 19.9 Å². The molecular formula is C24H37IN6O2. The Bertz CT molecular complexity index is 895. The number of halogens is 1. The number of aliphatic imine (C=N–C) groups is 1. The molecule has 0 saturated heterocycles. The van der Waals surface area contributed by atoms with Crippen LogP contribution in [0.3, 0.4) is 0 Å². The predicted octanol–water partition coefficient (Wildman–Crippen LogP) is 3.59. The van der Waals surface area contributed by atoms with Gasteiger partial charge in [0.1, 0.15) is 25.4 Å². The molecule has 1 saturated carbocycles. The van der Waals surface area contributed by atoms with E-state index in [-0.39, 0.29) is 24.0 Å². The fraction of sp³-hybridized carbons (Fsp3) is 0.625. The first-order chi connectivity index (χ1) is 15.7. The molecule has 33 heavy (non-hydrogen) atoms. The van der Waals surface area contributed by atoms with E-state index in [4.69, 9.17) is 14.5 Å². The summed E-state index contributed by atoms with van der Waals surface area (Å²) in [5.41, 5.74) is 1.21. The van der Waals surface area contributed by atoms with Gasteiger partial charge in [0.25, 0.3) is 0 Å². The molecule has 9 heteroatoms. The molecule has 1 fully saturated rings. The maximum absolute atomic E-state index is 5.71. The SMILES string of the molecule is CCc1nncn1CCNC(=NCCc1ccc2c(c1)OCCO2)NC1CCC(C)CC1.I. The summed E-state index contributed by atoms with van der Waals surface area (Å²) in [7, 11) is 0. The summed E-state index contributed by atoms with van der Waals surface area (Å²) in [6.45, 7) is 7.99. The van der Waals surface area contributed by atoms with E-state index in [2.05, 4.69) is 51.4 Å². The molecule has 2 N–H and O–H groups in total. The molecule has 1 aromatic heterocycles. The number of fused-ring (bicyclic) bond motifs is 1. The highest BCUT2D eigenvalue weighted by atomic mass is 127. The van der Waals surface area contributed by atoms with E-state index in [1.54, 1.807) is 6.33 Å². The average molecular weight is 569 g/mol. The summed E-state index contributed by atoms with van der Waals surface area (Å²) in [6, 6.07) is 6.67. The smallest absolute Gasteiger partial charge is 0.191 e. The zero-order valence-electron chi connectivity index (χ0n) is 19.8. The maximum atomic E-state index is 5.71. The van der Waals surface area contributed by atoms with Gasteiger partial charge in [-0.3, -0.25) is 4.99 Å². The summed E-state index contributed by atoms with van der Waals surface area (Å²) in [5.74, 6) is 4.41. The molecule has 1 aliphatic heterocycles. The van der Waals surface area contributed by atoms with E-state index in [9.17, 15) is 0 Å². The van der Waals surface area contributed by atoms with Gasteiger partial charge in [0.15, 0.2) is 17.5 Å². The van der Waals surface area contributed by atoms with Gasteiger partial charge in [0, 0.05) is 32.1 Å². The number of nitrogens with one attached hydrogen (secondary N) is 2. The first kappa shape index (κ1) is 25.6. The molecule has 0 amide bonds. The first-order valence-corrected chi connectivity index (χ1v) is 12.0. The van der Waals surface area contributed by atoms with Crippen LogP contribution >= 0.6 is 24.0 Å². The van der Waals surface area contributed by atoms with Gasteiger partial charge < -0.3 is 24.7 Å². The highest BCUT2D eigenvalue weighted by molar-refractivity contribution is 14.0. The van der Waals surface area contributed by atoms with Crippen LogP contribution in [0.4, 0.5) is 0 Å². The highest BCUT2D eigenvalue weighted by Crippen LogP contribution is 2.30. The molecule has 2 heterocycles. The van der Waals surface area contributed by atoms with Crippen molar-refractivity contribution in [2.24, 2.45) is 10.9 Å². The van der Waals surface area contributed by atoms with E-state index >= 15 is 0 Å². The van der Waals surface area contributed by atoms with E-state index < -0.39 is 0 Å². The lowest BCUT2D eigenvalue weighted by molar-refractivity contribution is 0.171. The molecule has 0 bridgehead atoms. The van der Waals surface area contributed by atoms with E-state index in [0.717, 1.165) is 55.1 Å². The van der Waals surface area contributed by atoms with Gasteiger partial charge in [-0.25, -0.2) is 0 Å². The Labute approximate surface area is 214 Å². The summed E-state index contributed by atoms with van der Waals surface area (Å²) in [6.07, 6.45) is 8.51. The second kappa shape index (κ2) is 13.0. The number of benzene rings is 1. The van der Waals surface area contributed by atoms with Crippen molar-refractivity contribution < 1.29 is 9.47 Å². The van der Waals surface area contributed by atoms with Crippen LogP contribution in [0.5, 0.6) is 11.5 Å². The zero-order valence-corrected chi connectivity index (χ0v) is 22.1. The largest absolute Gasteiger partial charge is 0.486 e. The number of aryl methyl sites for hydroxylation is 1. The molecule has 1 aliphatic carbocycles. The first-order valence-electron chi connectivity index (χ1n) is 12.0. The Hall–Kier alpha value is -2.04. The number of aromatic nitrogens is 3. The minimum atomic E-state index is 0. The van der Waals surface area contributed by atoms with Gasteiger partial charge in [0.05, 0.1) is 0 Å². The van der Waals surface area contributed by atoms with Gasteiger partial charge in [0.2, 0.25) is 0 Å². The summed E-state index contributed by atoms with van der Waals surface area (Å²) in [4.78, 5) is 4.89. The van der Waals surface area contributed by atoms with Crippen LogP contribution in [0.1, 0.15) is 50.9 Å². The van der Waals surface area contributed by atoms with Crippen molar-refractivity contribution in [1.29, 1.82) is 0 Å². The molecule has 0 radical (unpaired) electrons. The number of hydrogen-bond donors (Lipinski definition) is 2. The Kier molecular flexibility index (Phi) is 10.1. The quantitative estimate of drug-likeness (QED) is 0.288. The molecule has 0 spiro atoms. The molecule has 2 aliphatic rings. The number of hydrogen-bond acceptors (Lipinski definition) is 5. The lowest BCUT2D eigenvalue weighted by Crippen LogP contribution is -2.45. The van der Waals surface area contributed by atoms with Crippen molar-refractivity contribution >= 4 is 29.9 Å². The normalized spacial score (nSPS) is 20.1. The Morgan fingerprint density at radius 2 is 1.94 bits per heavy atom. The Balaban J connectivity index is 0.00000306. The molecule has 8 nitrogen and oxygen atoms in total. The van der Waals surface area contributed by atoms with Crippen molar-refractivity contribution in [2.75, 3.05) is 26.3 Å². The van der Waals surface area contributed by atoms with Crippen molar-refractivity contribution in [3.63, 3.8) is 0 Å². The third-order valence-electron chi connectivity index (χ3n) is 6.29. The number of ether oxygens (including phenoxy) is 2. The lowest BCUT2D eigenvalue weighted by Gasteiger charge is -2.28. The molecule has 182 valence electrons. The highest BCUT2D eigenvalue weighted by Gasteiger charge is 2.19. The van der Waals surface area contributed by atoms with Crippen LogP contribution in [0, 0.1) is 5.92 Å². The van der Waals surface area contributed by atoms with Gasteiger partial charge in [-0.05, 0) is 55.7 Å². The van der Waals surface area contributed by atoms with Crippen LogP contribution in [-0.2, 0) is 19.4 Å². The Morgan fingerprint density at radius 1 is 1.15 bits per heavy atom. The van der Waals surface area contributed by atoms with Crippen LogP contribution in [-0.4, -0.2) is 53.1 Å². The maximum Gasteiger partial charge on any atom is 0.191 e. The molecule has 0 unspecified atom stereocenters. The fourth-order valence-corrected chi connectivity index (χ4v) is 4.32.